The van der Waals surface area contributed by atoms with Crippen molar-refractivity contribution in [2.75, 3.05) is 6.54 Å². The second-order valence-corrected chi connectivity index (χ2v) is 10.8. The van der Waals surface area contributed by atoms with E-state index in [0.717, 1.165) is 22.8 Å². The van der Waals surface area contributed by atoms with Crippen molar-refractivity contribution in [3.8, 4) is 0 Å². The summed E-state index contributed by atoms with van der Waals surface area (Å²) >= 11 is 5.99. The fraction of sp³-hybridized carbons (Fsp3) is 0.222. The zero-order valence-electron chi connectivity index (χ0n) is 19.9. The number of carbonyl (C=O) groups is 1. The molecule has 3 aromatic carbocycles. The van der Waals surface area contributed by atoms with Crippen LogP contribution in [0.25, 0.3) is 6.08 Å². The maximum Gasteiger partial charge on any atom is 0.328 e. The van der Waals surface area contributed by atoms with Crippen molar-refractivity contribution in [3.63, 3.8) is 0 Å². The van der Waals surface area contributed by atoms with Crippen LogP contribution in [-0.2, 0) is 21.1 Å². The van der Waals surface area contributed by atoms with E-state index in [9.17, 15) is 18.3 Å². The van der Waals surface area contributed by atoms with Crippen LogP contribution in [0, 0.1) is 6.92 Å². The summed E-state index contributed by atoms with van der Waals surface area (Å²) in [4.78, 5) is 11.1. The molecule has 0 aromatic heterocycles. The van der Waals surface area contributed by atoms with Crippen molar-refractivity contribution in [3.05, 3.63) is 100 Å². The molecule has 0 saturated carbocycles. The number of benzene rings is 3. The third-order valence-electron chi connectivity index (χ3n) is 5.53. The van der Waals surface area contributed by atoms with Crippen LogP contribution in [0.2, 0.25) is 5.02 Å². The Balaban J connectivity index is 0.00000456. The van der Waals surface area contributed by atoms with Crippen LogP contribution in [0.1, 0.15) is 35.3 Å². The van der Waals surface area contributed by atoms with E-state index in [1.807, 2.05) is 19.9 Å². The van der Waals surface area contributed by atoms with E-state index in [0.29, 0.717) is 23.6 Å². The Hall–Kier alpha value is -2.68. The molecular formula is C27H29Cl2NO5S. The van der Waals surface area contributed by atoms with Crippen LogP contribution in [0.15, 0.2) is 82.6 Å². The fourth-order valence-corrected chi connectivity index (χ4v) is 5.34. The Morgan fingerprint density at radius 3 is 2.42 bits per heavy atom. The van der Waals surface area contributed by atoms with Gasteiger partial charge in [-0.3, -0.25) is 0 Å². The molecule has 36 heavy (non-hydrogen) atoms. The third-order valence-corrected chi connectivity index (χ3v) is 7.61. The topological polar surface area (TPSA) is 104 Å². The van der Waals surface area contributed by atoms with Crippen LogP contribution >= 0.6 is 24.0 Å². The van der Waals surface area contributed by atoms with Crippen molar-refractivity contribution in [1.29, 1.82) is 0 Å². The zero-order valence-corrected chi connectivity index (χ0v) is 22.3. The molecule has 9 heteroatoms. The summed E-state index contributed by atoms with van der Waals surface area (Å²) in [5, 5.41) is 23.2. The summed E-state index contributed by atoms with van der Waals surface area (Å²) in [6.45, 7) is 4.16. The molecular weight excluding hydrogens is 521 g/mol. The van der Waals surface area contributed by atoms with Gasteiger partial charge in [-0.15, -0.1) is 12.4 Å². The smallest absolute Gasteiger partial charge is 0.328 e. The first-order valence-electron chi connectivity index (χ1n) is 11.1. The van der Waals surface area contributed by atoms with Crippen molar-refractivity contribution < 1.29 is 23.4 Å². The Bertz CT molecular complexity index is 1320. The molecule has 0 fully saturated rings. The molecule has 0 aliphatic heterocycles. The number of aliphatic hydroxyl groups excluding tert-OH is 1. The number of carboxylic acids is 1. The van der Waals surface area contributed by atoms with Crippen molar-refractivity contribution >= 4 is 45.9 Å². The summed E-state index contributed by atoms with van der Waals surface area (Å²) in [5.74, 6) is -1.15. The molecule has 2 atom stereocenters. The first-order chi connectivity index (χ1) is 16.6. The molecule has 0 spiro atoms. The number of aliphatic carboxylic acids is 1. The number of aryl methyl sites for hydroxylation is 1. The first-order valence-corrected chi connectivity index (χ1v) is 12.9. The van der Waals surface area contributed by atoms with Gasteiger partial charge >= 0.3 is 5.97 Å². The number of hydrogen-bond donors (Lipinski definition) is 3. The minimum Gasteiger partial charge on any atom is -0.478 e. The second-order valence-electron chi connectivity index (χ2n) is 8.44. The summed E-state index contributed by atoms with van der Waals surface area (Å²) in [6, 6.07) is 18.6. The number of rotatable bonds is 10. The normalized spacial score (nSPS) is 13.2. The van der Waals surface area contributed by atoms with Gasteiger partial charge in [0, 0.05) is 23.7 Å². The van der Waals surface area contributed by atoms with Crippen LogP contribution in [0.5, 0.6) is 0 Å². The lowest BCUT2D eigenvalue weighted by molar-refractivity contribution is -0.131. The minimum atomic E-state index is -3.84. The van der Waals surface area contributed by atoms with E-state index in [1.165, 1.54) is 12.1 Å². The summed E-state index contributed by atoms with van der Waals surface area (Å²) in [7, 11) is -3.84. The SMILES string of the molecule is Cc1ccc(S(=O)(=O)c2ccc(C[C@@H](C)NC[C@@H](O)c3cccc(Cl)c3)cc2)c(/C=C/C(=O)O)c1.Cl. The van der Waals surface area contributed by atoms with Crippen molar-refractivity contribution in [2.45, 2.75) is 42.2 Å². The Morgan fingerprint density at radius 2 is 1.78 bits per heavy atom. The lowest BCUT2D eigenvalue weighted by Crippen LogP contribution is -2.32. The highest BCUT2D eigenvalue weighted by Gasteiger charge is 2.21. The van der Waals surface area contributed by atoms with Crippen LogP contribution in [0.3, 0.4) is 0 Å². The van der Waals surface area contributed by atoms with Gasteiger partial charge in [0.15, 0.2) is 0 Å². The highest BCUT2D eigenvalue weighted by molar-refractivity contribution is 7.91. The van der Waals surface area contributed by atoms with E-state index in [1.54, 1.807) is 54.6 Å². The standard InChI is InChI=1S/C27H28ClNO5S.ClH/c1-18-6-12-26(22(14-18)9-13-27(31)32)35(33,34)24-10-7-20(8-11-24)15-19(2)29-17-25(30)21-4-3-5-23(28)16-21;/h3-14,16,19,25,29-30H,15,17H2,1-2H3,(H,31,32);1H/b13-9+;/t19-,25-;/m1./s1. The van der Waals surface area contributed by atoms with Crippen LogP contribution < -0.4 is 5.32 Å². The van der Waals surface area contributed by atoms with E-state index in [-0.39, 0.29) is 28.2 Å². The van der Waals surface area contributed by atoms with Gasteiger partial charge in [-0.1, -0.05) is 53.6 Å². The number of hydrogen-bond acceptors (Lipinski definition) is 5. The predicted molar refractivity (Wildman–Crippen MR) is 145 cm³/mol. The molecule has 0 unspecified atom stereocenters. The molecule has 0 aliphatic carbocycles. The third kappa shape index (κ3) is 7.91. The molecule has 0 bridgehead atoms. The van der Waals surface area contributed by atoms with Gasteiger partial charge in [-0.25, -0.2) is 13.2 Å². The average Bonchev–Trinajstić information content (AvgIpc) is 2.81. The molecule has 6 nitrogen and oxygen atoms in total. The molecule has 3 rings (SSSR count). The number of sulfone groups is 1. The molecule has 0 saturated heterocycles. The molecule has 0 heterocycles. The molecule has 0 radical (unpaired) electrons. The van der Waals surface area contributed by atoms with Crippen molar-refractivity contribution in [1.82, 2.24) is 5.32 Å². The average molecular weight is 551 g/mol. The van der Waals surface area contributed by atoms with Gasteiger partial charge in [0.2, 0.25) is 9.84 Å². The summed E-state index contributed by atoms with van der Waals surface area (Å²) in [5.41, 5.74) is 2.83. The summed E-state index contributed by atoms with van der Waals surface area (Å²) in [6.07, 6.45) is 2.17. The number of nitrogens with one attached hydrogen (secondary N) is 1. The van der Waals surface area contributed by atoms with Gasteiger partial charge < -0.3 is 15.5 Å². The van der Waals surface area contributed by atoms with Gasteiger partial charge in [-0.2, -0.15) is 0 Å². The maximum atomic E-state index is 13.2. The number of halogens is 2. The quantitative estimate of drug-likeness (QED) is 0.298. The lowest BCUT2D eigenvalue weighted by Gasteiger charge is -2.18. The summed E-state index contributed by atoms with van der Waals surface area (Å²) < 4.78 is 26.5. The van der Waals surface area contributed by atoms with E-state index in [2.05, 4.69) is 5.32 Å². The van der Waals surface area contributed by atoms with Crippen molar-refractivity contribution in [2.24, 2.45) is 0 Å². The lowest BCUT2D eigenvalue weighted by atomic mass is 10.1. The van der Waals surface area contributed by atoms with E-state index in [4.69, 9.17) is 16.7 Å². The molecule has 192 valence electrons. The van der Waals surface area contributed by atoms with E-state index < -0.39 is 21.9 Å². The largest absolute Gasteiger partial charge is 0.478 e. The highest BCUT2D eigenvalue weighted by Crippen LogP contribution is 2.26. The van der Waals surface area contributed by atoms with Gasteiger partial charge in [0.1, 0.15) is 0 Å². The zero-order chi connectivity index (χ0) is 25.6. The van der Waals surface area contributed by atoms with Gasteiger partial charge in [0.25, 0.3) is 0 Å². The fourth-order valence-electron chi connectivity index (χ4n) is 3.71. The van der Waals surface area contributed by atoms with Crippen LogP contribution in [0.4, 0.5) is 0 Å². The second kappa shape index (κ2) is 13.0. The Labute approximate surface area is 223 Å². The molecule has 0 aliphatic rings. The Morgan fingerprint density at radius 1 is 1.08 bits per heavy atom. The molecule has 3 aromatic rings. The first kappa shape index (κ1) is 29.5. The number of aliphatic hydroxyl groups is 1. The van der Waals surface area contributed by atoms with E-state index >= 15 is 0 Å². The highest BCUT2D eigenvalue weighted by atomic mass is 35.5. The minimum absolute atomic E-state index is 0. The molecule has 0 amide bonds. The van der Waals surface area contributed by atoms with Crippen LogP contribution in [-0.4, -0.2) is 37.2 Å². The van der Waals surface area contributed by atoms with Gasteiger partial charge in [0.05, 0.1) is 15.9 Å². The maximum absolute atomic E-state index is 13.2. The Kier molecular flexibility index (Phi) is 10.7. The number of carboxylic acid groups (broad SMARTS) is 1. The predicted octanol–water partition coefficient (Wildman–Crippen LogP) is 5.26. The monoisotopic (exact) mass is 549 g/mol. The molecule has 3 N–H and O–H groups in total. The van der Waals surface area contributed by atoms with Gasteiger partial charge in [-0.05, 0) is 73.4 Å².